The smallest absolute Gasteiger partial charge is 0.269 e. The van der Waals surface area contributed by atoms with Crippen LogP contribution in [-0.4, -0.2) is 15.3 Å². The summed E-state index contributed by atoms with van der Waals surface area (Å²) in [5.74, 6) is -0.00468. The first-order chi connectivity index (χ1) is 12.8. The lowest BCUT2D eigenvalue weighted by Crippen LogP contribution is -2.32. The van der Waals surface area contributed by atoms with Crippen molar-refractivity contribution in [3.63, 3.8) is 0 Å². The van der Waals surface area contributed by atoms with Gasteiger partial charge in [-0.1, -0.05) is 57.2 Å². The molecule has 0 bridgehead atoms. The third-order valence-corrected chi connectivity index (χ3v) is 5.14. The Morgan fingerprint density at radius 3 is 2.44 bits per heavy atom. The van der Waals surface area contributed by atoms with Gasteiger partial charge in [0.25, 0.3) is 5.56 Å². The standard InChI is InChI=1S/C22H22N2O2S/c1-22(2,3)19(25)14-20-24(15-16-9-5-4-6-10-16)21(26)18(27-20)13-17-11-7-8-12-23-17/h4-14H,15H2,1-3H3/b18-13+,20-14-. The van der Waals surface area contributed by atoms with Crippen molar-refractivity contribution >= 4 is 29.3 Å². The number of thiazole rings is 1. The molecule has 5 heteroatoms. The Bertz CT molecular complexity index is 1110. The van der Waals surface area contributed by atoms with Gasteiger partial charge in [0.05, 0.1) is 16.8 Å². The zero-order valence-corrected chi connectivity index (χ0v) is 16.5. The highest BCUT2D eigenvalue weighted by atomic mass is 32.1. The number of Topliss-reactive ketones (excluding diaryl/α,β-unsaturated/α-hetero) is 1. The first-order valence-corrected chi connectivity index (χ1v) is 9.59. The second kappa shape index (κ2) is 7.84. The zero-order chi connectivity index (χ0) is 19.4. The van der Waals surface area contributed by atoms with Crippen LogP contribution in [0.5, 0.6) is 0 Å². The third-order valence-electron chi connectivity index (χ3n) is 4.08. The fourth-order valence-corrected chi connectivity index (χ4v) is 3.51. The van der Waals surface area contributed by atoms with E-state index in [-0.39, 0.29) is 11.3 Å². The molecule has 0 spiro atoms. The number of nitrogens with zero attached hydrogens (tertiary/aromatic N) is 2. The number of ketones is 1. The molecular formula is C22H22N2O2S. The van der Waals surface area contributed by atoms with Crippen LogP contribution in [0, 0.1) is 5.41 Å². The fourth-order valence-electron chi connectivity index (χ4n) is 2.48. The van der Waals surface area contributed by atoms with Crippen LogP contribution in [0.15, 0.2) is 59.5 Å². The predicted molar refractivity (Wildman–Crippen MR) is 110 cm³/mol. The number of carbonyl (C=O) groups excluding carboxylic acids is 1. The SMILES string of the molecule is CC(C)(C)C(=O)/C=c1\s/c(=C/c2ccccn2)c(=O)n1Cc1ccccc1. The Kier molecular flexibility index (Phi) is 5.51. The summed E-state index contributed by atoms with van der Waals surface area (Å²) in [4.78, 5) is 29.8. The van der Waals surface area contributed by atoms with E-state index in [1.807, 2.05) is 69.3 Å². The normalized spacial score (nSPS) is 13.1. The van der Waals surface area contributed by atoms with Crippen LogP contribution in [0.4, 0.5) is 0 Å². The van der Waals surface area contributed by atoms with Crippen molar-refractivity contribution in [1.29, 1.82) is 0 Å². The molecule has 0 unspecified atom stereocenters. The van der Waals surface area contributed by atoms with E-state index in [1.165, 1.54) is 11.3 Å². The zero-order valence-electron chi connectivity index (χ0n) is 15.7. The Morgan fingerprint density at radius 1 is 1.11 bits per heavy atom. The first kappa shape index (κ1) is 19.0. The predicted octanol–water partition coefficient (Wildman–Crippen LogP) is 2.58. The van der Waals surface area contributed by atoms with Gasteiger partial charge in [0.2, 0.25) is 0 Å². The molecule has 0 fully saturated rings. The van der Waals surface area contributed by atoms with Crippen LogP contribution in [-0.2, 0) is 11.3 Å². The van der Waals surface area contributed by atoms with Gasteiger partial charge in [0.15, 0.2) is 5.78 Å². The number of pyridine rings is 1. The molecule has 138 valence electrons. The van der Waals surface area contributed by atoms with Crippen LogP contribution in [0.25, 0.3) is 12.2 Å². The summed E-state index contributed by atoms with van der Waals surface area (Å²) in [6.45, 7) is 6.05. The summed E-state index contributed by atoms with van der Waals surface area (Å²) < 4.78 is 2.89. The molecule has 0 amide bonds. The van der Waals surface area contributed by atoms with Gasteiger partial charge in [-0.05, 0) is 23.8 Å². The van der Waals surface area contributed by atoms with Gasteiger partial charge in [0.1, 0.15) is 4.66 Å². The van der Waals surface area contributed by atoms with Crippen molar-refractivity contribution < 1.29 is 4.79 Å². The van der Waals surface area contributed by atoms with E-state index in [9.17, 15) is 9.59 Å². The summed E-state index contributed by atoms with van der Waals surface area (Å²) >= 11 is 1.32. The molecule has 1 aromatic carbocycles. The fraction of sp³-hybridized carbons (Fsp3) is 0.227. The minimum absolute atomic E-state index is 0.00468. The summed E-state index contributed by atoms with van der Waals surface area (Å²) in [5, 5.41) is 0. The number of hydrogen-bond acceptors (Lipinski definition) is 4. The summed E-state index contributed by atoms with van der Waals surface area (Å²) in [6, 6.07) is 15.3. The first-order valence-electron chi connectivity index (χ1n) is 8.77. The van der Waals surface area contributed by atoms with Crippen LogP contribution >= 0.6 is 11.3 Å². The molecule has 0 atom stereocenters. The molecule has 0 saturated heterocycles. The molecule has 27 heavy (non-hydrogen) atoms. The molecule has 2 heterocycles. The van der Waals surface area contributed by atoms with E-state index < -0.39 is 5.41 Å². The molecule has 0 aliphatic rings. The van der Waals surface area contributed by atoms with E-state index in [0.29, 0.717) is 15.7 Å². The number of carbonyl (C=O) groups is 1. The molecule has 3 aromatic rings. The molecule has 0 saturated carbocycles. The van der Waals surface area contributed by atoms with Crippen molar-refractivity contribution in [2.24, 2.45) is 5.41 Å². The molecule has 0 radical (unpaired) electrons. The summed E-state index contributed by atoms with van der Waals surface area (Å²) in [5.41, 5.74) is 1.13. The van der Waals surface area contributed by atoms with Crippen LogP contribution in [0.2, 0.25) is 0 Å². The Hall–Kier alpha value is -2.79. The maximum atomic E-state index is 13.0. The number of aromatic nitrogens is 2. The largest absolute Gasteiger partial charge is 0.294 e. The van der Waals surface area contributed by atoms with Gasteiger partial charge in [0, 0.05) is 17.7 Å². The molecule has 0 aliphatic heterocycles. The van der Waals surface area contributed by atoms with E-state index >= 15 is 0 Å². The van der Waals surface area contributed by atoms with Gasteiger partial charge in [-0.2, -0.15) is 0 Å². The number of hydrogen-bond donors (Lipinski definition) is 0. The van der Waals surface area contributed by atoms with Crippen LogP contribution in [0.1, 0.15) is 32.0 Å². The molecule has 3 rings (SSSR count). The van der Waals surface area contributed by atoms with Gasteiger partial charge >= 0.3 is 0 Å². The lowest BCUT2D eigenvalue weighted by Gasteiger charge is -2.13. The van der Waals surface area contributed by atoms with Crippen molar-refractivity contribution in [2.45, 2.75) is 27.3 Å². The number of benzene rings is 1. The van der Waals surface area contributed by atoms with E-state index in [0.717, 1.165) is 11.3 Å². The molecule has 0 aliphatic carbocycles. The molecule has 2 aromatic heterocycles. The topological polar surface area (TPSA) is 52.0 Å². The van der Waals surface area contributed by atoms with Gasteiger partial charge in [-0.15, -0.1) is 11.3 Å². The second-order valence-electron chi connectivity index (χ2n) is 7.34. The monoisotopic (exact) mass is 378 g/mol. The van der Waals surface area contributed by atoms with Gasteiger partial charge < -0.3 is 0 Å². The lowest BCUT2D eigenvalue weighted by molar-refractivity contribution is -0.120. The maximum Gasteiger partial charge on any atom is 0.269 e. The van der Waals surface area contributed by atoms with Gasteiger partial charge in [-0.25, -0.2) is 0 Å². The Labute approximate surface area is 162 Å². The maximum absolute atomic E-state index is 13.0. The van der Waals surface area contributed by atoms with E-state index in [2.05, 4.69) is 4.98 Å². The Morgan fingerprint density at radius 2 is 1.81 bits per heavy atom. The van der Waals surface area contributed by atoms with Gasteiger partial charge in [-0.3, -0.25) is 19.1 Å². The molecule has 0 N–H and O–H groups in total. The highest BCUT2D eigenvalue weighted by Gasteiger charge is 2.19. The summed E-state index contributed by atoms with van der Waals surface area (Å²) in [6.07, 6.45) is 5.05. The highest BCUT2D eigenvalue weighted by Crippen LogP contribution is 2.14. The lowest BCUT2D eigenvalue weighted by atomic mass is 9.91. The quantitative estimate of drug-likeness (QED) is 0.701. The minimum atomic E-state index is -0.498. The third kappa shape index (κ3) is 4.68. The molecular weight excluding hydrogens is 356 g/mol. The highest BCUT2D eigenvalue weighted by molar-refractivity contribution is 7.07. The van der Waals surface area contributed by atoms with Crippen molar-refractivity contribution in [1.82, 2.24) is 9.55 Å². The van der Waals surface area contributed by atoms with Crippen molar-refractivity contribution in [2.75, 3.05) is 0 Å². The van der Waals surface area contributed by atoms with Crippen molar-refractivity contribution in [3.8, 4) is 0 Å². The average Bonchev–Trinajstić information content (AvgIpc) is 2.91. The number of rotatable bonds is 4. The average molecular weight is 378 g/mol. The Balaban J connectivity index is 2.17. The minimum Gasteiger partial charge on any atom is -0.294 e. The van der Waals surface area contributed by atoms with E-state index in [1.54, 1.807) is 22.9 Å². The summed E-state index contributed by atoms with van der Waals surface area (Å²) in [7, 11) is 0. The van der Waals surface area contributed by atoms with E-state index in [4.69, 9.17) is 0 Å². The van der Waals surface area contributed by atoms with Crippen LogP contribution in [0.3, 0.4) is 0 Å². The van der Waals surface area contributed by atoms with Crippen LogP contribution < -0.4 is 14.8 Å². The molecule has 4 nitrogen and oxygen atoms in total. The van der Waals surface area contributed by atoms with Crippen molar-refractivity contribution in [3.05, 3.63) is 85.5 Å². The second-order valence-corrected chi connectivity index (χ2v) is 8.40.